The van der Waals surface area contributed by atoms with Crippen LogP contribution in [0.2, 0.25) is 0 Å². The Morgan fingerprint density at radius 1 is 0.750 bits per heavy atom. The molecule has 0 atom stereocenters. The number of benzene rings is 2. The van der Waals surface area contributed by atoms with Gasteiger partial charge in [0.1, 0.15) is 11.6 Å². The van der Waals surface area contributed by atoms with Gasteiger partial charge in [0, 0.05) is 29.2 Å². The van der Waals surface area contributed by atoms with Crippen molar-refractivity contribution in [1.29, 1.82) is 0 Å². The maximum atomic E-state index is 13.6. The quantitative estimate of drug-likeness (QED) is 0.382. The van der Waals surface area contributed by atoms with E-state index < -0.39 is 11.2 Å². The summed E-state index contributed by atoms with van der Waals surface area (Å²) in [4.78, 5) is 49.5. The second kappa shape index (κ2) is 8.19. The number of aryl methyl sites for hydroxylation is 3. The van der Waals surface area contributed by atoms with Crippen LogP contribution < -0.4 is 11.2 Å². The Labute approximate surface area is 204 Å². The summed E-state index contributed by atoms with van der Waals surface area (Å²) < 4.78 is 4.20. The van der Waals surface area contributed by atoms with E-state index in [4.69, 9.17) is 0 Å². The Bertz CT molecular complexity index is 1930. The van der Waals surface area contributed by atoms with Crippen LogP contribution in [-0.4, -0.2) is 38.6 Å². The lowest BCUT2D eigenvalue weighted by Crippen LogP contribution is -2.40. The average Bonchev–Trinajstić information content (AvgIpc) is 3.29. The summed E-state index contributed by atoms with van der Waals surface area (Å²) in [5.74, 6) is 0.947. The monoisotopic (exact) mass is 478 g/mol. The normalized spacial score (nSPS) is 11.6. The Hall–Kier alpha value is -4.73. The van der Waals surface area contributed by atoms with E-state index >= 15 is 0 Å². The largest absolute Gasteiger partial charge is 0.332 e. The highest BCUT2D eigenvalue weighted by atomic mass is 16.2. The van der Waals surface area contributed by atoms with E-state index in [1.807, 2.05) is 62.4 Å². The van der Waals surface area contributed by atoms with Gasteiger partial charge < -0.3 is 4.57 Å². The first kappa shape index (κ1) is 21.8. The Balaban J connectivity index is 1.46. The topological polar surface area (TPSA) is 113 Å². The zero-order chi connectivity index (χ0) is 25.0. The number of imidazole rings is 1. The molecular formula is C26H22N8O2. The molecule has 4 aromatic heterocycles. The fraction of sp³-hybridized carbons (Fsp3) is 0.192. The van der Waals surface area contributed by atoms with Gasteiger partial charge in [-0.1, -0.05) is 36.4 Å². The van der Waals surface area contributed by atoms with Crippen molar-refractivity contribution < 1.29 is 0 Å². The second-order valence-corrected chi connectivity index (χ2v) is 8.76. The van der Waals surface area contributed by atoms with Crippen molar-refractivity contribution in [2.45, 2.75) is 26.9 Å². The van der Waals surface area contributed by atoms with E-state index in [2.05, 4.69) is 24.9 Å². The third-order valence-electron chi connectivity index (χ3n) is 6.39. The van der Waals surface area contributed by atoms with Crippen LogP contribution in [0.4, 0.5) is 0 Å². The van der Waals surface area contributed by atoms with Gasteiger partial charge in [-0.25, -0.2) is 29.7 Å². The van der Waals surface area contributed by atoms with Crippen LogP contribution >= 0.6 is 0 Å². The molecule has 0 aliphatic heterocycles. The molecule has 0 bridgehead atoms. The SMILES string of the molecule is Cc1nc(Cn2c(=O)c3c(ncn3Cc3nc(C)c4ccccc4n3)n(C)c2=O)nc2ccccc12. The highest BCUT2D eigenvalue weighted by molar-refractivity contribution is 5.81. The summed E-state index contributed by atoms with van der Waals surface area (Å²) >= 11 is 0. The van der Waals surface area contributed by atoms with E-state index in [-0.39, 0.29) is 13.1 Å². The zero-order valence-corrected chi connectivity index (χ0v) is 20.0. The molecule has 0 saturated heterocycles. The fourth-order valence-electron chi connectivity index (χ4n) is 4.61. The molecule has 6 aromatic rings. The molecule has 36 heavy (non-hydrogen) atoms. The van der Waals surface area contributed by atoms with Crippen molar-refractivity contribution in [3.63, 3.8) is 0 Å². The third kappa shape index (κ3) is 3.46. The van der Waals surface area contributed by atoms with Crippen LogP contribution in [0.15, 0.2) is 64.4 Å². The van der Waals surface area contributed by atoms with Gasteiger partial charge in [-0.05, 0) is 26.0 Å². The number of rotatable bonds is 4. The number of para-hydroxylation sites is 2. The summed E-state index contributed by atoms with van der Waals surface area (Å²) in [6, 6.07) is 15.4. The van der Waals surface area contributed by atoms with Gasteiger partial charge in [0.15, 0.2) is 11.2 Å². The molecule has 0 aliphatic carbocycles. The molecule has 0 amide bonds. The molecule has 10 nitrogen and oxygen atoms in total. The minimum Gasteiger partial charge on any atom is -0.317 e. The molecule has 0 N–H and O–H groups in total. The highest BCUT2D eigenvalue weighted by Gasteiger charge is 2.18. The van der Waals surface area contributed by atoms with Crippen molar-refractivity contribution in [2.75, 3.05) is 0 Å². The number of nitrogens with zero attached hydrogens (tertiary/aromatic N) is 8. The van der Waals surface area contributed by atoms with Crippen molar-refractivity contribution in [3.8, 4) is 0 Å². The molecule has 0 aliphatic rings. The molecular weight excluding hydrogens is 456 g/mol. The first-order valence-electron chi connectivity index (χ1n) is 11.5. The van der Waals surface area contributed by atoms with Crippen molar-refractivity contribution in [2.24, 2.45) is 7.05 Å². The average molecular weight is 479 g/mol. The van der Waals surface area contributed by atoms with Gasteiger partial charge in [-0.15, -0.1) is 0 Å². The predicted molar refractivity (Wildman–Crippen MR) is 136 cm³/mol. The molecule has 178 valence electrons. The lowest BCUT2D eigenvalue weighted by Gasteiger charge is -2.11. The van der Waals surface area contributed by atoms with Crippen molar-refractivity contribution in [1.82, 2.24) is 38.6 Å². The highest BCUT2D eigenvalue weighted by Crippen LogP contribution is 2.17. The summed E-state index contributed by atoms with van der Waals surface area (Å²) in [6.07, 6.45) is 1.54. The van der Waals surface area contributed by atoms with Crippen LogP contribution in [0.5, 0.6) is 0 Å². The van der Waals surface area contributed by atoms with Crippen LogP contribution in [0.25, 0.3) is 33.0 Å². The first-order chi connectivity index (χ1) is 17.4. The molecule has 10 heteroatoms. The number of aromatic nitrogens is 8. The van der Waals surface area contributed by atoms with Gasteiger partial charge in [-0.3, -0.25) is 13.9 Å². The lowest BCUT2D eigenvalue weighted by molar-refractivity contribution is 0.631. The van der Waals surface area contributed by atoms with Gasteiger partial charge >= 0.3 is 5.69 Å². The standard InChI is InChI=1S/C26H22N8O2/c1-15-17-8-4-6-10-19(17)30-21(28-15)12-33-14-27-24-23(33)25(35)34(26(36)32(24)3)13-22-29-16(2)18-9-5-7-11-20(18)31-22/h4-11,14H,12-13H2,1-3H3. The number of fused-ring (bicyclic) bond motifs is 3. The Morgan fingerprint density at radius 3 is 1.92 bits per heavy atom. The molecule has 0 fully saturated rings. The number of hydrogen-bond acceptors (Lipinski definition) is 7. The van der Waals surface area contributed by atoms with Gasteiger partial charge in [-0.2, -0.15) is 0 Å². The zero-order valence-electron chi connectivity index (χ0n) is 20.0. The molecule has 0 saturated carbocycles. The van der Waals surface area contributed by atoms with E-state index in [1.54, 1.807) is 17.9 Å². The minimum atomic E-state index is -0.482. The molecule has 0 unspecified atom stereocenters. The molecule has 0 radical (unpaired) electrons. The first-order valence-corrected chi connectivity index (χ1v) is 11.5. The van der Waals surface area contributed by atoms with Crippen LogP contribution in [0.3, 0.4) is 0 Å². The Kier molecular flexibility index (Phi) is 4.96. The lowest BCUT2D eigenvalue weighted by atomic mass is 10.2. The van der Waals surface area contributed by atoms with Gasteiger partial charge in [0.2, 0.25) is 0 Å². The minimum absolute atomic E-state index is 0.0517. The van der Waals surface area contributed by atoms with Gasteiger partial charge in [0.25, 0.3) is 5.56 Å². The second-order valence-electron chi connectivity index (χ2n) is 8.76. The van der Waals surface area contributed by atoms with Crippen LogP contribution in [0, 0.1) is 13.8 Å². The van der Waals surface area contributed by atoms with Crippen molar-refractivity contribution in [3.05, 3.63) is 98.7 Å². The van der Waals surface area contributed by atoms with E-state index in [1.165, 1.54) is 4.57 Å². The third-order valence-corrected chi connectivity index (χ3v) is 6.39. The van der Waals surface area contributed by atoms with Crippen molar-refractivity contribution >= 4 is 33.0 Å². The number of hydrogen-bond donors (Lipinski definition) is 0. The maximum absolute atomic E-state index is 13.6. The van der Waals surface area contributed by atoms with E-state index in [0.717, 1.165) is 37.8 Å². The van der Waals surface area contributed by atoms with Gasteiger partial charge in [0.05, 0.1) is 30.5 Å². The summed E-state index contributed by atoms with van der Waals surface area (Å²) in [5, 5.41) is 1.91. The molecule has 2 aromatic carbocycles. The summed E-state index contributed by atoms with van der Waals surface area (Å²) in [7, 11) is 1.60. The molecule has 6 rings (SSSR count). The summed E-state index contributed by atoms with van der Waals surface area (Å²) in [5.41, 5.74) is 2.89. The Morgan fingerprint density at radius 2 is 1.31 bits per heavy atom. The summed E-state index contributed by atoms with van der Waals surface area (Å²) in [6.45, 7) is 4.01. The van der Waals surface area contributed by atoms with E-state index in [9.17, 15) is 9.59 Å². The predicted octanol–water partition coefficient (Wildman–Crippen LogP) is 2.50. The maximum Gasteiger partial charge on any atom is 0.332 e. The fourth-order valence-corrected chi connectivity index (χ4v) is 4.61. The molecule has 0 spiro atoms. The van der Waals surface area contributed by atoms with E-state index in [0.29, 0.717) is 22.8 Å². The smallest absolute Gasteiger partial charge is 0.317 e. The van der Waals surface area contributed by atoms with Crippen LogP contribution in [-0.2, 0) is 20.1 Å². The van der Waals surface area contributed by atoms with Crippen LogP contribution in [0.1, 0.15) is 23.0 Å². The molecule has 4 heterocycles.